The van der Waals surface area contributed by atoms with Crippen LogP contribution >= 0.6 is 43.5 Å². The molecule has 0 heterocycles. The topological polar surface area (TPSA) is 12.0 Å². The van der Waals surface area contributed by atoms with Crippen molar-refractivity contribution in [2.45, 2.75) is 6.54 Å². The van der Waals surface area contributed by atoms with Gasteiger partial charge in [-0.2, -0.15) is 0 Å². The average molecular weight is 393 g/mol. The first-order chi connectivity index (χ1) is 8.56. The molecule has 1 nitrogen and oxygen atoms in total. The molecular formula is C13H9Br2ClFN. The molecule has 1 N–H and O–H groups in total. The SMILES string of the molecule is Fc1ccc(Br)c(CNc2ccc(Br)c(Cl)c2)c1. The molecule has 0 fully saturated rings. The van der Waals surface area contributed by atoms with E-state index in [1.54, 1.807) is 6.07 Å². The van der Waals surface area contributed by atoms with Gasteiger partial charge in [0.15, 0.2) is 0 Å². The smallest absolute Gasteiger partial charge is 0.123 e. The van der Waals surface area contributed by atoms with E-state index < -0.39 is 0 Å². The van der Waals surface area contributed by atoms with E-state index in [9.17, 15) is 4.39 Å². The number of benzene rings is 2. The van der Waals surface area contributed by atoms with Crippen molar-refractivity contribution in [2.24, 2.45) is 0 Å². The Labute approximate surface area is 127 Å². The Morgan fingerprint density at radius 1 is 1.06 bits per heavy atom. The lowest BCUT2D eigenvalue weighted by Gasteiger charge is -2.09. The Morgan fingerprint density at radius 3 is 2.50 bits per heavy atom. The quantitative estimate of drug-likeness (QED) is 0.714. The highest BCUT2D eigenvalue weighted by atomic mass is 79.9. The lowest BCUT2D eigenvalue weighted by Crippen LogP contribution is -2.00. The molecule has 18 heavy (non-hydrogen) atoms. The van der Waals surface area contributed by atoms with Gasteiger partial charge >= 0.3 is 0 Å². The molecule has 0 saturated carbocycles. The Kier molecular flexibility index (Phi) is 4.65. The summed E-state index contributed by atoms with van der Waals surface area (Å²) < 4.78 is 14.8. The van der Waals surface area contributed by atoms with E-state index in [2.05, 4.69) is 37.2 Å². The van der Waals surface area contributed by atoms with E-state index in [4.69, 9.17) is 11.6 Å². The highest BCUT2D eigenvalue weighted by Crippen LogP contribution is 2.26. The summed E-state index contributed by atoms with van der Waals surface area (Å²) in [5.41, 5.74) is 1.74. The third-order valence-corrected chi connectivity index (χ3v) is 4.42. The van der Waals surface area contributed by atoms with Crippen molar-refractivity contribution in [1.29, 1.82) is 0 Å². The molecule has 0 aliphatic heterocycles. The van der Waals surface area contributed by atoms with Gasteiger partial charge in [0.25, 0.3) is 0 Å². The molecule has 0 atom stereocenters. The zero-order chi connectivity index (χ0) is 13.1. The minimum atomic E-state index is -0.246. The lowest BCUT2D eigenvalue weighted by atomic mass is 10.2. The third kappa shape index (κ3) is 3.46. The predicted octanol–water partition coefficient (Wildman–Crippen LogP) is 5.62. The van der Waals surface area contributed by atoms with Crippen LogP contribution in [0.2, 0.25) is 5.02 Å². The van der Waals surface area contributed by atoms with Crippen LogP contribution in [0, 0.1) is 5.82 Å². The molecule has 0 spiro atoms. The summed E-state index contributed by atoms with van der Waals surface area (Å²) in [6.45, 7) is 0.524. The van der Waals surface area contributed by atoms with E-state index in [0.717, 1.165) is 20.2 Å². The maximum Gasteiger partial charge on any atom is 0.123 e. The fraction of sp³-hybridized carbons (Fsp3) is 0.0769. The van der Waals surface area contributed by atoms with E-state index in [-0.39, 0.29) is 5.82 Å². The second kappa shape index (κ2) is 6.04. The molecule has 2 rings (SSSR count). The zero-order valence-electron chi connectivity index (χ0n) is 9.18. The van der Waals surface area contributed by atoms with Crippen molar-refractivity contribution in [2.75, 3.05) is 5.32 Å². The van der Waals surface area contributed by atoms with Gasteiger partial charge in [0.05, 0.1) is 5.02 Å². The highest BCUT2D eigenvalue weighted by molar-refractivity contribution is 9.10. The molecule has 0 saturated heterocycles. The second-order valence-corrected chi connectivity index (χ2v) is 5.83. The summed E-state index contributed by atoms with van der Waals surface area (Å²) in [6, 6.07) is 10.2. The molecule has 2 aromatic carbocycles. The summed E-state index contributed by atoms with van der Waals surface area (Å²) in [5.74, 6) is -0.246. The van der Waals surface area contributed by atoms with Gasteiger partial charge in [-0.15, -0.1) is 0 Å². The van der Waals surface area contributed by atoms with Gasteiger partial charge in [-0.3, -0.25) is 0 Å². The van der Waals surface area contributed by atoms with Crippen LogP contribution in [0.4, 0.5) is 10.1 Å². The van der Waals surface area contributed by atoms with Crippen LogP contribution in [0.25, 0.3) is 0 Å². The molecule has 2 aromatic rings. The average Bonchev–Trinajstić information content (AvgIpc) is 2.34. The fourth-order valence-corrected chi connectivity index (χ4v) is 2.30. The Bertz CT molecular complexity index is 575. The molecular weight excluding hydrogens is 384 g/mol. The van der Waals surface area contributed by atoms with Gasteiger partial charge in [-0.25, -0.2) is 4.39 Å². The minimum Gasteiger partial charge on any atom is -0.381 e. The standard InChI is InChI=1S/C13H9Br2ClFN/c14-11-3-1-9(17)5-8(11)7-18-10-2-4-12(15)13(16)6-10/h1-6,18H,7H2. The summed E-state index contributed by atoms with van der Waals surface area (Å²) >= 11 is 12.7. The van der Waals surface area contributed by atoms with E-state index >= 15 is 0 Å². The van der Waals surface area contributed by atoms with Crippen LogP contribution in [-0.2, 0) is 6.54 Å². The summed E-state index contributed by atoms with van der Waals surface area (Å²) in [4.78, 5) is 0. The fourth-order valence-electron chi connectivity index (χ4n) is 1.48. The van der Waals surface area contributed by atoms with E-state index in [1.807, 2.05) is 18.2 Å². The zero-order valence-corrected chi connectivity index (χ0v) is 13.1. The molecule has 5 heteroatoms. The van der Waals surface area contributed by atoms with Gasteiger partial charge in [0.1, 0.15) is 5.82 Å². The number of hydrogen-bond donors (Lipinski definition) is 1. The Hall–Kier alpha value is -0.580. The number of halogens is 4. The van der Waals surface area contributed by atoms with Crippen molar-refractivity contribution < 1.29 is 4.39 Å². The molecule has 0 radical (unpaired) electrons. The molecule has 0 aliphatic carbocycles. The molecule has 0 amide bonds. The van der Waals surface area contributed by atoms with Gasteiger partial charge in [-0.05, 0) is 57.9 Å². The predicted molar refractivity (Wildman–Crippen MR) is 80.6 cm³/mol. The molecule has 0 aromatic heterocycles. The second-order valence-electron chi connectivity index (χ2n) is 3.72. The van der Waals surface area contributed by atoms with E-state index in [1.165, 1.54) is 12.1 Å². The maximum absolute atomic E-state index is 13.1. The monoisotopic (exact) mass is 391 g/mol. The summed E-state index contributed by atoms with van der Waals surface area (Å²) in [6.07, 6.45) is 0. The lowest BCUT2D eigenvalue weighted by molar-refractivity contribution is 0.625. The Morgan fingerprint density at radius 2 is 1.78 bits per heavy atom. The highest BCUT2D eigenvalue weighted by Gasteiger charge is 2.03. The first kappa shape index (κ1) is 13.8. The molecule has 0 unspecified atom stereocenters. The van der Waals surface area contributed by atoms with Crippen molar-refractivity contribution in [3.8, 4) is 0 Å². The number of rotatable bonds is 3. The first-order valence-electron chi connectivity index (χ1n) is 5.19. The van der Waals surface area contributed by atoms with Crippen LogP contribution in [0.3, 0.4) is 0 Å². The van der Waals surface area contributed by atoms with Crippen molar-refractivity contribution in [3.05, 3.63) is 61.7 Å². The van der Waals surface area contributed by atoms with Crippen LogP contribution in [0.15, 0.2) is 45.3 Å². The third-order valence-electron chi connectivity index (χ3n) is 2.41. The van der Waals surface area contributed by atoms with Gasteiger partial charge in [0, 0.05) is 21.2 Å². The van der Waals surface area contributed by atoms with E-state index in [0.29, 0.717) is 11.6 Å². The van der Waals surface area contributed by atoms with Gasteiger partial charge < -0.3 is 5.32 Å². The summed E-state index contributed by atoms with van der Waals surface area (Å²) in [7, 11) is 0. The normalized spacial score (nSPS) is 10.4. The first-order valence-corrected chi connectivity index (χ1v) is 7.15. The largest absolute Gasteiger partial charge is 0.381 e. The minimum absolute atomic E-state index is 0.246. The van der Waals surface area contributed by atoms with Crippen molar-refractivity contribution >= 4 is 49.1 Å². The van der Waals surface area contributed by atoms with Crippen molar-refractivity contribution in [1.82, 2.24) is 0 Å². The van der Waals surface area contributed by atoms with Crippen LogP contribution in [0.5, 0.6) is 0 Å². The molecule has 94 valence electrons. The van der Waals surface area contributed by atoms with Gasteiger partial charge in [0.2, 0.25) is 0 Å². The van der Waals surface area contributed by atoms with Crippen molar-refractivity contribution in [3.63, 3.8) is 0 Å². The molecule has 0 aliphatic rings. The number of hydrogen-bond acceptors (Lipinski definition) is 1. The van der Waals surface area contributed by atoms with Crippen LogP contribution in [-0.4, -0.2) is 0 Å². The van der Waals surface area contributed by atoms with Crippen LogP contribution in [0.1, 0.15) is 5.56 Å². The summed E-state index contributed by atoms with van der Waals surface area (Å²) in [5, 5.41) is 3.83. The number of anilines is 1. The van der Waals surface area contributed by atoms with Gasteiger partial charge in [-0.1, -0.05) is 27.5 Å². The molecule has 0 bridgehead atoms. The Balaban J connectivity index is 2.11. The van der Waals surface area contributed by atoms with Crippen LogP contribution < -0.4 is 5.32 Å². The number of nitrogens with one attached hydrogen (secondary N) is 1. The maximum atomic E-state index is 13.1.